The highest BCUT2D eigenvalue weighted by Crippen LogP contribution is 2.27. The zero-order valence-electron chi connectivity index (χ0n) is 13.7. The van der Waals surface area contributed by atoms with E-state index in [1.165, 1.54) is 16.8 Å². The molecule has 1 aliphatic heterocycles. The molecule has 3 rings (SSSR count). The molecule has 0 saturated carbocycles. The van der Waals surface area contributed by atoms with Crippen LogP contribution in [-0.2, 0) is 19.4 Å². The molecule has 4 heteroatoms. The smallest absolute Gasteiger partial charge is 0.0475 e. The molecule has 0 bridgehead atoms. The van der Waals surface area contributed by atoms with Crippen LogP contribution in [-0.4, -0.2) is 36.8 Å². The Kier molecular flexibility index (Phi) is 5.26. The Labute approximate surface area is 138 Å². The summed E-state index contributed by atoms with van der Waals surface area (Å²) in [5.74, 6) is 0.200. The van der Waals surface area contributed by atoms with Crippen molar-refractivity contribution in [2.24, 2.45) is 5.92 Å². The van der Waals surface area contributed by atoms with Crippen LogP contribution in [0.15, 0.2) is 42.6 Å². The van der Waals surface area contributed by atoms with Gasteiger partial charge in [-0.3, -0.25) is 4.98 Å². The Morgan fingerprint density at radius 1 is 1.30 bits per heavy atom. The summed E-state index contributed by atoms with van der Waals surface area (Å²) >= 11 is 0. The van der Waals surface area contributed by atoms with Crippen molar-refractivity contribution in [1.82, 2.24) is 10.3 Å². The van der Waals surface area contributed by atoms with E-state index in [0.29, 0.717) is 0 Å². The van der Waals surface area contributed by atoms with Crippen LogP contribution < -0.4 is 10.2 Å². The molecular formula is C19H25N3O. The molecule has 0 aliphatic carbocycles. The van der Waals surface area contributed by atoms with Gasteiger partial charge in [-0.15, -0.1) is 0 Å². The summed E-state index contributed by atoms with van der Waals surface area (Å²) in [6.07, 6.45) is 3.75. The van der Waals surface area contributed by atoms with E-state index in [0.717, 1.165) is 38.2 Å². The van der Waals surface area contributed by atoms with Crippen LogP contribution in [0, 0.1) is 5.92 Å². The second-order valence-electron chi connectivity index (χ2n) is 6.34. The summed E-state index contributed by atoms with van der Waals surface area (Å²) in [5, 5.41) is 13.0. The molecule has 2 N–H and O–H groups in total. The van der Waals surface area contributed by atoms with Crippen molar-refractivity contribution in [2.75, 3.05) is 31.6 Å². The molecule has 122 valence electrons. The van der Waals surface area contributed by atoms with Crippen LogP contribution in [0.25, 0.3) is 0 Å². The average molecular weight is 311 g/mol. The molecule has 0 amide bonds. The quantitative estimate of drug-likeness (QED) is 0.821. The number of pyridine rings is 1. The van der Waals surface area contributed by atoms with Gasteiger partial charge in [0, 0.05) is 50.9 Å². The number of anilines is 1. The summed E-state index contributed by atoms with van der Waals surface area (Å²) < 4.78 is 0. The molecule has 1 atom stereocenters. The molecule has 1 unspecified atom stereocenters. The van der Waals surface area contributed by atoms with Gasteiger partial charge in [0.25, 0.3) is 0 Å². The Morgan fingerprint density at radius 3 is 3.00 bits per heavy atom. The molecule has 0 radical (unpaired) electrons. The van der Waals surface area contributed by atoms with E-state index in [4.69, 9.17) is 0 Å². The highest BCUT2D eigenvalue weighted by Gasteiger charge is 2.15. The Hall–Kier alpha value is -1.91. The lowest BCUT2D eigenvalue weighted by atomic mass is 10.0. The van der Waals surface area contributed by atoms with E-state index in [2.05, 4.69) is 40.4 Å². The third-order valence-corrected chi connectivity index (χ3v) is 4.52. The van der Waals surface area contributed by atoms with E-state index >= 15 is 0 Å². The molecule has 23 heavy (non-hydrogen) atoms. The van der Waals surface area contributed by atoms with E-state index in [9.17, 15) is 5.11 Å². The number of hydrogen-bond donors (Lipinski definition) is 2. The van der Waals surface area contributed by atoms with Gasteiger partial charge in [-0.05, 0) is 48.1 Å². The maximum absolute atomic E-state index is 9.57. The van der Waals surface area contributed by atoms with Crippen LogP contribution in [0.3, 0.4) is 0 Å². The molecule has 0 saturated heterocycles. The summed E-state index contributed by atoms with van der Waals surface area (Å²) in [7, 11) is 2.15. The number of benzene rings is 1. The first kappa shape index (κ1) is 16.0. The van der Waals surface area contributed by atoms with E-state index in [1.807, 2.05) is 18.2 Å². The SMILES string of the molecule is CN1CCc2cc(CNCC(CO)Cc3ccccn3)ccc21. The number of rotatable bonds is 7. The van der Waals surface area contributed by atoms with Crippen molar-refractivity contribution < 1.29 is 5.11 Å². The molecule has 4 nitrogen and oxygen atoms in total. The van der Waals surface area contributed by atoms with Crippen LogP contribution >= 0.6 is 0 Å². The lowest BCUT2D eigenvalue weighted by Crippen LogP contribution is -2.26. The number of aromatic nitrogens is 1. The molecule has 1 aliphatic rings. The normalized spacial score (nSPS) is 14.8. The van der Waals surface area contributed by atoms with Gasteiger partial charge in [0.05, 0.1) is 0 Å². The molecule has 2 aromatic rings. The predicted octanol–water partition coefficient (Wildman–Crippen LogP) is 2.01. The fourth-order valence-corrected chi connectivity index (χ4v) is 3.17. The summed E-state index contributed by atoms with van der Waals surface area (Å²) in [5.41, 5.74) is 5.15. The summed E-state index contributed by atoms with van der Waals surface area (Å²) in [6, 6.07) is 12.6. The van der Waals surface area contributed by atoms with Gasteiger partial charge < -0.3 is 15.3 Å². The lowest BCUT2D eigenvalue weighted by Gasteiger charge is -2.15. The van der Waals surface area contributed by atoms with Crippen molar-refractivity contribution in [3.8, 4) is 0 Å². The van der Waals surface area contributed by atoms with Crippen molar-refractivity contribution in [1.29, 1.82) is 0 Å². The highest BCUT2D eigenvalue weighted by atomic mass is 16.3. The second-order valence-corrected chi connectivity index (χ2v) is 6.34. The molecule has 2 heterocycles. The van der Waals surface area contributed by atoms with Crippen LogP contribution in [0.5, 0.6) is 0 Å². The van der Waals surface area contributed by atoms with Gasteiger partial charge in [0.1, 0.15) is 0 Å². The van der Waals surface area contributed by atoms with Crippen LogP contribution in [0.2, 0.25) is 0 Å². The monoisotopic (exact) mass is 311 g/mol. The van der Waals surface area contributed by atoms with E-state index < -0.39 is 0 Å². The number of nitrogens with one attached hydrogen (secondary N) is 1. The Bertz CT molecular complexity index is 630. The first-order valence-corrected chi connectivity index (χ1v) is 8.30. The maximum atomic E-state index is 9.57. The second kappa shape index (κ2) is 7.57. The fourth-order valence-electron chi connectivity index (χ4n) is 3.17. The first-order valence-electron chi connectivity index (χ1n) is 8.30. The number of aliphatic hydroxyl groups excluding tert-OH is 1. The van der Waals surface area contributed by atoms with Gasteiger partial charge >= 0.3 is 0 Å². The van der Waals surface area contributed by atoms with Gasteiger partial charge in [-0.25, -0.2) is 0 Å². The maximum Gasteiger partial charge on any atom is 0.0475 e. The van der Waals surface area contributed by atoms with Crippen molar-refractivity contribution in [3.05, 3.63) is 59.4 Å². The standard InChI is InChI=1S/C19H25N3O/c1-22-9-7-17-10-15(5-6-19(17)22)12-20-13-16(14-23)11-18-4-2-3-8-21-18/h2-6,8,10,16,20,23H,7,9,11-14H2,1H3. The zero-order chi connectivity index (χ0) is 16.1. The lowest BCUT2D eigenvalue weighted by molar-refractivity contribution is 0.220. The zero-order valence-corrected chi connectivity index (χ0v) is 13.7. The first-order chi connectivity index (χ1) is 11.3. The molecule has 1 aromatic heterocycles. The van der Waals surface area contributed by atoms with Gasteiger partial charge in [-0.2, -0.15) is 0 Å². The van der Waals surface area contributed by atoms with Crippen LogP contribution in [0.4, 0.5) is 5.69 Å². The molecule has 0 fully saturated rings. The van der Waals surface area contributed by atoms with Gasteiger partial charge in [0.2, 0.25) is 0 Å². The molecule has 1 aromatic carbocycles. The van der Waals surface area contributed by atoms with Crippen molar-refractivity contribution in [2.45, 2.75) is 19.4 Å². The van der Waals surface area contributed by atoms with Crippen molar-refractivity contribution >= 4 is 5.69 Å². The Balaban J connectivity index is 1.50. The Morgan fingerprint density at radius 2 is 2.22 bits per heavy atom. The van der Waals surface area contributed by atoms with Crippen LogP contribution in [0.1, 0.15) is 16.8 Å². The third kappa shape index (κ3) is 4.09. The number of aliphatic hydroxyl groups is 1. The highest BCUT2D eigenvalue weighted by molar-refractivity contribution is 5.58. The molecule has 0 spiro atoms. The largest absolute Gasteiger partial charge is 0.396 e. The third-order valence-electron chi connectivity index (χ3n) is 4.52. The minimum atomic E-state index is 0.179. The van der Waals surface area contributed by atoms with E-state index in [-0.39, 0.29) is 12.5 Å². The molecular weight excluding hydrogens is 286 g/mol. The van der Waals surface area contributed by atoms with Gasteiger partial charge in [-0.1, -0.05) is 18.2 Å². The number of likely N-dealkylation sites (N-methyl/N-ethyl adjacent to an activating group) is 1. The number of fused-ring (bicyclic) bond motifs is 1. The summed E-state index contributed by atoms with van der Waals surface area (Å²) in [4.78, 5) is 6.64. The summed E-state index contributed by atoms with van der Waals surface area (Å²) in [6.45, 7) is 2.93. The number of nitrogens with zero attached hydrogens (tertiary/aromatic N) is 2. The number of hydrogen-bond acceptors (Lipinski definition) is 4. The van der Waals surface area contributed by atoms with E-state index in [1.54, 1.807) is 6.20 Å². The predicted molar refractivity (Wildman–Crippen MR) is 93.6 cm³/mol. The minimum Gasteiger partial charge on any atom is -0.396 e. The van der Waals surface area contributed by atoms with Gasteiger partial charge in [0.15, 0.2) is 0 Å². The fraction of sp³-hybridized carbons (Fsp3) is 0.421. The average Bonchev–Trinajstić information content (AvgIpc) is 2.95. The minimum absolute atomic E-state index is 0.179. The van der Waals surface area contributed by atoms with Crippen molar-refractivity contribution in [3.63, 3.8) is 0 Å². The topological polar surface area (TPSA) is 48.4 Å².